The highest BCUT2D eigenvalue weighted by atomic mass is 32.1. The summed E-state index contributed by atoms with van der Waals surface area (Å²) in [5, 5.41) is 4.92. The second-order valence-electron chi connectivity index (χ2n) is 14.0. The highest BCUT2D eigenvalue weighted by Gasteiger charge is 2.23. The van der Waals surface area contributed by atoms with Crippen molar-refractivity contribution in [2.24, 2.45) is 0 Å². The van der Waals surface area contributed by atoms with Gasteiger partial charge in [-0.15, -0.1) is 11.3 Å². The Hall–Kier alpha value is -7.21. The van der Waals surface area contributed by atoms with Crippen molar-refractivity contribution in [2.75, 3.05) is 0 Å². The van der Waals surface area contributed by atoms with Gasteiger partial charge in [0.15, 0.2) is 5.82 Å². The second kappa shape index (κ2) is 13.3. The quantitative estimate of drug-likeness (QED) is 0.171. The van der Waals surface area contributed by atoms with E-state index in [0.717, 1.165) is 67.1 Å². The van der Waals surface area contributed by atoms with Gasteiger partial charge in [0.25, 0.3) is 0 Å². The Morgan fingerprint density at radius 1 is 0.393 bits per heavy atom. The van der Waals surface area contributed by atoms with Crippen LogP contribution in [0.25, 0.3) is 104 Å². The lowest BCUT2D eigenvalue weighted by molar-refractivity contribution is 1.18. The zero-order valence-electron chi connectivity index (χ0n) is 30.2. The van der Waals surface area contributed by atoms with Crippen LogP contribution in [-0.2, 0) is 0 Å². The highest BCUT2D eigenvalue weighted by Crippen LogP contribution is 2.48. The zero-order chi connectivity index (χ0) is 37.0. The number of aromatic nitrogens is 4. The molecular formula is C51H32N4S. The van der Waals surface area contributed by atoms with Crippen LogP contribution < -0.4 is 0 Å². The van der Waals surface area contributed by atoms with Crippen molar-refractivity contribution in [3.8, 4) is 62.0 Å². The van der Waals surface area contributed by atoms with E-state index in [9.17, 15) is 0 Å². The number of hydrogen-bond donors (Lipinski definition) is 0. The summed E-state index contributed by atoms with van der Waals surface area (Å²) in [5.41, 5.74) is 12.6. The van der Waals surface area contributed by atoms with Crippen LogP contribution in [0.4, 0.5) is 0 Å². The summed E-state index contributed by atoms with van der Waals surface area (Å²) in [7, 11) is 0. The third-order valence-electron chi connectivity index (χ3n) is 10.6. The molecule has 0 unspecified atom stereocenters. The predicted molar refractivity (Wildman–Crippen MR) is 234 cm³/mol. The Morgan fingerprint density at radius 2 is 0.946 bits per heavy atom. The molecule has 262 valence electrons. The van der Waals surface area contributed by atoms with E-state index in [-0.39, 0.29) is 0 Å². The average molecular weight is 733 g/mol. The van der Waals surface area contributed by atoms with Crippen LogP contribution in [0, 0.1) is 0 Å². The van der Waals surface area contributed by atoms with E-state index in [2.05, 4.69) is 162 Å². The summed E-state index contributed by atoms with van der Waals surface area (Å²) >= 11 is 1.83. The van der Waals surface area contributed by atoms with Gasteiger partial charge in [0.2, 0.25) is 0 Å². The van der Waals surface area contributed by atoms with Crippen molar-refractivity contribution >= 4 is 53.4 Å². The van der Waals surface area contributed by atoms with Crippen LogP contribution >= 0.6 is 11.3 Å². The van der Waals surface area contributed by atoms with E-state index in [1.807, 2.05) is 47.7 Å². The lowest BCUT2D eigenvalue weighted by Gasteiger charge is -2.11. The molecule has 0 fully saturated rings. The number of thiophene rings is 1. The van der Waals surface area contributed by atoms with Gasteiger partial charge in [-0.2, -0.15) is 0 Å². The summed E-state index contributed by atoms with van der Waals surface area (Å²) in [4.78, 5) is 16.6. The average Bonchev–Trinajstić information content (AvgIpc) is 3.82. The van der Waals surface area contributed by atoms with Gasteiger partial charge in [-0.05, 0) is 47.5 Å². The Morgan fingerprint density at radius 3 is 1.64 bits per heavy atom. The van der Waals surface area contributed by atoms with Crippen LogP contribution in [0.5, 0.6) is 0 Å². The summed E-state index contributed by atoms with van der Waals surface area (Å²) in [6, 6.07) is 68.2. The number of para-hydroxylation sites is 2. The summed E-state index contributed by atoms with van der Waals surface area (Å²) < 4.78 is 3.61. The topological polar surface area (TPSA) is 43.6 Å². The minimum absolute atomic E-state index is 0.711. The van der Waals surface area contributed by atoms with Gasteiger partial charge in [0.05, 0.1) is 32.8 Å². The molecule has 0 saturated heterocycles. The molecule has 0 aliphatic heterocycles. The molecule has 0 saturated carbocycles. The number of nitrogens with zero attached hydrogens (tertiary/aromatic N) is 4. The van der Waals surface area contributed by atoms with Crippen molar-refractivity contribution in [1.29, 1.82) is 0 Å². The van der Waals surface area contributed by atoms with Gasteiger partial charge in [0, 0.05) is 49.5 Å². The fourth-order valence-electron chi connectivity index (χ4n) is 7.95. The van der Waals surface area contributed by atoms with Crippen LogP contribution in [0.3, 0.4) is 0 Å². The molecule has 7 aromatic carbocycles. The maximum absolute atomic E-state index is 5.37. The molecule has 4 heterocycles. The molecule has 0 radical (unpaired) electrons. The molecule has 0 spiro atoms. The van der Waals surface area contributed by atoms with Crippen molar-refractivity contribution in [3.63, 3.8) is 0 Å². The fourth-order valence-corrected chi connectivity index (χ4v) is 9.33. The number of rotatable bonds is 6. The van der Waals surface area contributed by atoms with Gasteiger partial charge < -0.3 is 4.57 Å². The summed E-state index contributed by atoms with van der Waals surface area (Å²) in [6.07, 6.45) is 0. The third-order valence-corrected chi connectivity index (χ3v) is 11.8. The van der Waals surface area contributed by atoms with E-state index in [1.165, 1.54) is 31.2 Å². The Balaban J connectivity index is 1.09. The number of pyridine rings is 1. The molecular weight excluding hydrogens is 701 g/mol. The van der Waals surface area contributed by atoms with Crippen LogP contribution in [0.15, 0.2) is 194 Å². The standard InChI is InChI=1S/C51H32N4S/c1-5-15-34(16-6-1)43-32-44(54-50(53-43)37-19-9-3-10-20-37)35-27-25-33(26-28-35)38-29-30-42-41(31-38)46-47-40-23-13-14-24-45(40)55(39-21-11-4-12-22-39)51(47)56-49(46)48(52-42)36-17-7-2-8-18-36/h1-32H. The van der Waals surface area contributed by atoms with Gasteiger partial charge in [0.1, 0.15) is 4.83 Å². The van der Waals surface area contributed by atoms with Gasteiger partial charge in [-0.3, -0.25) is 0 Å². The molecule has 4 nitrogen and oxygen atoms in total. The molecule has 0 amide bonds. The van der Waals surface area contributed by atoms with Crippen molar-refractivity contribution in [3.05, 3.63) is 194 Å². The van der Waals surface area contributed by atoms with Crippen LogP contribution in [0.1, 0.15) is 0 Å². The zero-order valence-corrected chi connectivity index (χ0v) is 31.0. The number of fused-ring (bicyclic) bond motifs is 7. The monoisotopic (exact) mass is 732 g/mol. The second-order valence-corrected chi connectivity index (χ2v) is 15.0. The first-order valence-electron chi connectivity index (χ1n) is 18.8. The van der Waals surface area contributed by atoms with E-state index in [1.54, 1.807) is 0 Å². The normalized spacial score (nSPS) is 11.6. The minimum Gasteiger partial charge on any atom is -0.301 e. The lowest BCUT2D eigenvalue weighted by Crippen LogP contribution is -1.95. The Bertz CT molecular complexity index is 3150. The van der Waals surface area contributed by atoms with E-state index >= 15 is 0 Å². The number of benzene rings is 7. The van der Waals surface area contributed by atoms with Crippen molar-refractivity contribution < 1.29 is 0 Å². The molecule has 5 heteroatoms. The van der Waals surface area contributed by atoms with E-state index in [4.69, 9.17) is 15.0 Å². The van der Waals surface area contributed by atoms with Crippen molar-refractivity contribution in [2.45, 2.75) is 0 Å². The minimum atomic E-state index is 0.711. The maximum atomic E-state index is 5.37. The highest BCUT2D eigenvalue weighted by molar-refractivity contribution is 7.26. The molecule has 11 aromatic rings. The van der Waals surface area contributed by atoms with Gasteiger partial charge in [-0.25, -0.2) is 15.0 Å². The first-order valence-corrected chi connectivity index (χ1v) is 19.6. The molecule has 0 bridgehead atoms. The van der Waals surface area contributed by atoms with Gasteiger partial charge in [-0.1, -0.05) is 158 Å². The summed E-state index contributed by atoms with van der Waals surface area (Å²) in [6.45, 7) is 0. The fraction of sp³-hybridized carbons (Fsp3) is 0. The third kappa shape index (κ3) is 5.40. The lowest BCUT2D eigenvalue weighted by atomic mass is 9.97. The molecule has 56 heavy (non-hydrogen) atoms. The molecule has 11 rings (SSSR count). The molecule has 4 aromatic heterocycles. The van der Waals surface area contributed by atoms with Crippen LogP contribution in [0.2, 0.25) is 0 Å². The van der Waals surface area contributed by atoms with Crippen LogP contribution in [-0.4, -0.2) is 19.5 Å². The van der Waals surface area contributed by atoms with Gasteiger partial charge >= 0.3 is 0 Å². The Kier molecular flexibility index (Phi) is 7.64. The predicted octanol–water partition coefficient (Wildman–Crippen LogP) is 13.7. The molecule has 0 N–H and O–H groups in total. The maximum Gasteiger partial charge on any atom is 0.160 e. The molecule has 0 aliphatic carbocycles. The van der Waals surface area contributed by atoms with E-state index in [0.29, 0.717) is 5.82 Å². The molecule has 0 atom stereocenters. The van der Waals surface area contributed by atoms with Crippen molar-refractivity contribution in [1.82, 2.24) is 19.5 Å². The number of hydrogen-bond acceptors (Lipinski definition) is 4. The van der Waals surface area contributed by atoms with E-state index < -0.39 is 0 Å². The smallest absolute Gasteiger partial charge is 0.160 e. The summed E-state index contributed by atoms with van der Waals surface area (Å²) in [5.74, 6) is 0.711. The first kappa shape index (κ1) is 32.2. The Labute approximate surface area is 327 Å². The SMILES string of the molecule is c1ccc(-c2cc(-c3ccc(-c4ccc5nc(-c6ccccc6)c6sc7c(c8ccccc8n7-c7ccccc7)c6c5c4)cc3)nc(-c3ccccc3)n2)cc1. The largest absolute Gasteiger partial charge is 0.301 e. The first-order chi connectivity index (χ1) is 27.8. The molecule has 0 aliphatic rings.